The molecular weight excluding hydrogens is 471 g/mol. The van der Waals surface area contributed by atoms with E-state index in [0.717, 1.165) is 34.5 Å². The summed E-state index contributed by atoms with van der Waals surface area (Å²) in [6.45, 7) is 3.28. The molecule has 0 spiro atoms. The molecule has 3 heterocycles. The van der Waals surface area contributed by atoms with Crippen LogP contribution in [0.2, 0.25) is 0 Å². The number of aromatic nitrogens is 3. The largest absolute Gasteiger partial charge is 0.433 e. The Balaban J connectivity index is 1.62. The minimum absolute atomic E-state index is 0.0108. The van der Waals surface area contributed by atoms with Gasteiger partial charge in [-0.05, 0) is 72.1 Å². The Morgan fingerprint density at radius 2 is 1.53 bits per heavy atom. The minimum atomic E-state index is -4.62. The summed E-state index contributed by atoms with van der Waals surface area (Å²) in [5.41, 5.74) is 2.97. The number of nitrogens with zero attached hydrogens (tertiary/aromatic N) is 3. The summed E-state index contributed by atoms with van der Waals surface area (Å²) >= 11 is 0. The first-order valence-electron chi connectivity index (χ1n) is 10.8. The number of hydrogen-bond acceptors (Lipinski definition) is 5. The molecule has 0 radical (unpaired) electrons. The van der Waals surface area contributed by atoms with Gasteiger partial charge in [-0.2, -0.15) is 13.2 Å². The zero-order valence-electron chi connectivity index (χ0n) is 19.2. The van der Waals surface area contributed by atoms with E-state index in [1.807, 2.05) is 13.0 Å². The van der Waals surface area contributed by atoms with Crippen LogP contribution in [0.3, 0.4) is 0 Å². The number of anilines is 2. The van der Waals surface area contributed by atoms with Crippen molar-refractivity contribution >= 4 is 23.3 Å². The van der Waals surface area contributed by atoms with Gasteiger partial charge in [0.25, 0.3) is 5.91 Å². The smallest absolute Gasteiger partial charge is 0.322 e. The van der Waals surface area contributed by atoms with Crippen LogP contribution in [0.25, 0.3) is 22.4 Å². The number of benzene rings is 1. The van der Waals surface area contributed by atoms with Gasteiger partial charge in [-0.15, -0.1) is 0 Å². The predicted octanol–water partition coefficient (Wildman–Crippen LogP) is 5.74. The van der Waals surface area contributed by atoms with Crippen molar-refractivity contribution in [1.29, 1.82) is 0 Å². The molecule has 0 saturated carbocycles. The zero-order chi connectivity index (χ0) is 25.9. The molecule has 2 amide bonds. The van der Waals surface area contributed by atoms with Gasteiger partial charge in [-0.3, -0.25) is 19.6 Å². The van der Waals surface area contributed by atoms with Gasteiger partial charge in [0.2, 0.25) is 5.91 Å². The third-order valence-corrected chi connectivity index (χ3v) is 5.24. The lowest BCUT2D eigenvalue weighted by atomic mass is 9.97. The van der Waals surface area contributed by atoms with Gasteiger partial charge in [0, 0.05) is 42.3 Å². The number of carbonyl (C=O) groups is 2. The van der Waals surface area contributed by atoms with E-state index in [9.17, 15) is 22.8 Å². The maximum Gasteiger partial charge on any atom is 0.433 e. The summed E-state index contributed by atoms with van der Waals surface area (Å²) in [6.07, 6.45) is -0.429. The van der Waals surface area contributed by atoms with Gasteiger partial charge in [0.1, 0.15) is 11.5 Å². The second kappa shape index (κ2) is 9.95. The van der Waals surface area contributed by atoms with Crippen molar-refractivity contribution in [1.82, 2.24) is 15.0 Å². The van der Waals surface area contributed by atoms with Gasteiger partial charge in [-0.1, -0.05) is 6.07 Å². The Morgan fingerprint density at radius 1 is 0.806 bits per heavy atom. The number of rotatable bonds is 5. The zero-order valence-corrected chi connectivity index (χ0v) is 19.2. The normalized spacial score (nSPS) is 11.1. The van der Waals surface area contributed by atoms with E-state index < -0.39 is 17.8 Å². The van der Waals surface area contributed by atoms with Crippen molar-refractivity contribution in [3.8, 4) is 22.4 Å². The van der Waals surface area contributed by atoms with Crippen LogP contribution in [0.4, 0.5) is 24.7 Å². The van der Waals surface area contributed by atoms with Crippen LogP contribution in [0.15, 0.2) is 73.2 Å². The van der Waals surface area contributed by atoms with Crippen LogP contribution in [0.1, 0.15) is 28.5 Å². The highest BCUT2D eigenvalue weighted by Crippen LogP contribution is 2.30. The number of hydrogen-bond donors (Lipinski definition) is 2. The lowest BCUT2D eigenvalue weighted by molar-refractivity contribution is -0.141. The van der Waals surface area contributed by atoms with E-state index in [4.69, 9.17) is 0 Å². The molecule has 182 valence electrons. The summed E-state index contributed by atoms with van der Waals surface area (Å²) < 4.78 is 38.8. The molecule has 0 fully saturated rings. The van der Waals surface area contributed by atoms with E-state index >= 15 is 0 Å². The Labute approximate surface area is 204 Å². The summed E-state index contributed by atoms with van der Waals surface area (Å²) in [7, 11) is 0. The molecule has 0 bridgehead atoms. The van der Waals surface area contributed by atoms with Gasteiger partial charge < -0.3 is 10.6 Å². The molecule has 10 heteroatoms. The maximum atomic E-state index is 12.9. The van der Waals surface area contributed by atoms with E-state index in [-0.39, 0.29) is 17.2 Å². The van der Waals surface area contributed by atoms with Crippen LogP contribution in [-0.2, 0) is 11.0 Å². The summed E-state index contributed by atoms with van der Waals surface area (Å²) in [4.78, 5) is 36.0. The predicted molar refractivity (Wildman–Crippen MR) is 129 cm³/mol. The highest BCUT2D eigenvalue weighted by molar-refractivity contribution is 6.05. The van der Waals surface area contributed by atoms with Crippen molar-refractivity contribution < 1.29 is 22.8 Å². The van der Waals surface area contributed by atoms with E-state index in [0.29, 0.717) is 11.5 Å². The third kappa shape index (κ3) is 5.72. The average molecular weight is 491 g/mol. The maximum absolute atomic E-state index is 12.9. The van der Waals surface area contributed by atoms with Crippen LogP contribution in [0, 0.1) is 6.92 Å². The second-order valence-corrected chi connectivity index (χ2v) is 7.95. The van der Waals surface area contributed by atoms with Gasteiger partial charge >= 0.3 is 6.18 Å². The first-order chi connectivity index (χ1) is 17.1. The quantitative estimate of drug-likeness (QED) is 0.371. The highest BCUT2D eigenvalue weighted by atomic mass is 19.4. The SMILES string of the molecule is CC(=O)Nc1cc(-c2cc(-c3cc(C(=O)Nc4ccnc(C(F)(F)F)c4)ccc3C)ccn2)ccn1. The first-order valence-corrected chi connectivity index (χ1v) is 10.8. The van der Waals surface area contributed by atoms with Crippen LogP contribution < -0.4 is 10.6 Å². The number of alkyl halides is 3. The van der Waals surface area contributed by atoms with Crippen molar-refractivity contribution in [2.24, 2.45) is 0 Å². The van der Waals surface area contributed by atoms with Gasteiger partial charge in [0.15, 0.2) is 0 Å². The third-order valence-electron chi connectivity index (χ3n) is 5.24. The number of aryl methyl sites for hydroxylation is 1. The number of nitrogens with one attached hydrogen (secondary N) is 2. The molecule has 4 aromatic rings. The molecular formula is C26H20F3N5O2. The number of halogens is 3. The van der Waals surface area contributed by atoms with Crippen molar-refractivity contribution in [3.63, 3.8) is 0 Å². The molecule has 0 saturated heterocycles. The molecule has 4 rings (SSSR count). The Kier molecular flexibility index (Phi) is 6.77. The second-order valence-electron chi connectivity index (χ2n) is 7.95. The molecule has 7 nitrogen and oxygen atoms in total. The Bertz CT molecular complexity index is 1450. The summed E-state index contributed by atoms with van der Waals surface area (Å²) in [6, 6.07) is 14.2. The molecule has 0 aliphatic carbocycles. The molecule has 1 aromatic carbocycles. The lowest BCUT2D eigenvalue weighted by Crippen LogP contribution is -2.14. The van der Waals surface area contributed by atoms with E-state index in [2.05, 4.69) is 25.6 Å². The standard InChI is InChI=1S/C26H20F3N5O2/c1-15-3-4-19(25(36)34-20-7-10-31-23(14-20)26(27,28)29)11-21(15)17-5-8-30-22(12-17)18-6-9-32-24(13-18)33-16(2)35/h3-14H,1-2H3,(H,31,34,36)(H,32,33,35). The number of carbonyl (C=O) groups excluding carboxylic acids is 2. The van der Waals surface area contributed by atoms with Crippen LogP contribution in [-0.4, -0.2) is 26.8 Å². The number of pyridine rings is 3. The van der Waals surface area contributed by atoms with Gasteiger partial charge in [-0.25, -0.2) is 4.98 Å². The van der Waals surface area contributed by atoms with Crippen molar-refractivity contribution in [2.75, 3.05) is 10.6 Å². The summed E-state index contributed by atoms with van der Waals surface area (Å²) in [5.74, 6) is -0.403. The summed E-state index contributed by atoms with van der Waals surface area (Å²) in [5, 5.41) is 5.13. The van der Waals surface area contributed by atoms with Crippen LogP contribution >= 0.6 is 0 Å². The molecule has 0 aliphatic rings. The molecule has 36 heavy (non-hydrogen) atoms. The molecule has 2 N–H and O–H groups in total. The molecule has 0 aliphatic heterocycles. The Morgan fingerprint density at radius 3 is 2.28 bits per heavy atom. The molecule has 0 unspecified atom stereocenters. The minimum Gasteiger partial charge on any atom is -0.322 e. The Hall–Kier alpha value is -4.60. The lowest BCUT2D eigenvalue weighted by Gasteiger charge is -2.12. The van der Waals surface area contributed by atoms with E-state index in [1.54, 1.807) is 48.8 Å². The average Bonchev–Trinajstić information content (AvgIpc) is 2.84. The first kappa shape index (κ1) is 24.5. The topological polar surface area (TPSA) is 96.9 Å². The van der Waals surface area contributed by atoms with Crippen molar-refractivity contribution in [3.05, 3.63) is 90.0 Å². The highest BCUT2D eigenvalue weighted by Gasteiger charge is 2.32. The number of amides is 2. The van der Waals surface area contributed by atoms with Gasteiger partial charge in [0.05, 0.1) is 5.69 Å². The monoisotopic (exact) mass is 491 g/mol. The van der Waals surface area contributed by atoms with Crippen molar-refractivity contribution in [2.45, 2.75) is 20.0 Å². The fourth-order valence-corrected chi connectivity index (χ4v) is 3.54. The fourth-order valence-electron chi connectivity index (χ4n) is 3.54. The molecule has 3 aromatic heterocycles. The fraction of sp³-hybridized carbons (Fsp3) is 0.115. The molecule has 0 atom stereocenters. The van der Waals surface area contributed by atoms with E-state index in [1.165, 1.54) is 13.0 Å². The van der Waals surface area contributed by atoms with Crippen LogP contribution in [0.5, 0.6) is 0 Å².